The fraction of sp³-hybridized carbons (Fsp3) is 0.500. The second-order valence-corrected chi connectivity index (χ2v) is 5.78. The first-order valence-corrected chi connectivity index (χ1v) is 7.52. The van der Waals surface area contributed by atoms with E-state index in [1.165, 1.54) is 0 Å². The number of likely N-dealkylation sites (tertiary alicyclic amines) is 1. The van der Waals surface area contributed by atoms with Crippen molar-refractivity contribution in [3.05, 3.63) is 29.8 Å². The van der Waals surface area contributed by atoms with E-state index in [1.807, 2.05) is 0 Å². The lowest BCUT2D eigenvalue weighted by atomic mass is 10.1. The number of hydrogen-bond acceptors (Lipinski definition) is 4. The molecule has 1 amide bonds. The number of carbonyl (C=O) groups is 1. The molecule has 0 aromatic heterocycles. The smallest absolute Gasteiger partial charge is 0.414 e. The molecule has 1 aromatic carbocycles. The molecule has 2 heterocycles. The molecule has 115 valence electrons. The molecule has 0 spiro atoms. The number of anilines is 1. The molecule has 1 aromatic rings. The number of rotatable bonds is 3. The number of cyclic esters (lactones) is 1. The number of hydrogen-bond donors (Lipinski definition) is 0. The van der Waals surface area contributed by atoms with Gasteiger partial charge < -0.3 is 4.74 Å². The Morgan fingerprint density at radius 1 is 1.23 bits per heavy atom. The summed E-state index contributed by atoms with van der Waals surface area (Å²) in [7, 11) is 0. The van der Waals surface area contributed by atoms with Crippen molar-refractivity contribution >= 4 is 11.8 Å². The molecular formula is C16H18N3O3. The average Bonchev–Trinajstić information content (AvgIpc) is 2.90. The van der Waals surface area contributed by atoms with Crippen molar-refractivity contribution in [3.63, 3.8) is 0 Å². The van der Waals surface area contributed by atoms with Crippen molar-refractivity contribution in [2.75, 3.05) is 31.1 Å². The SMILES string of the molecule is N#Cc1ccc(N2CC(CN3CCC([O])CC3)OC2=O)cc1. The van der Waals surface area contributed by atoms with Crippen LogP contribution in [0.1, 0.15) is 18.4 Å². The highest BCUT2D eigenvalue weighted by atomic mass is 16.6. The van der Waals surface area contributed by atoms with Crippen LogP contribution >= 0.6 is 0 Å². The maximum absolute atomic E-state index is 12.0. The molecule has 3 rings (SSSR count). The van der Waals surface area contributed by atoms with E-state index in [-0.39, 0.29) is 12.2 Å². The van der Waals surface area contributed by atoms with Gasteiger partial charge in [-0.1, -0.05) is 0 Å². The van der Waals surface area contributed by atoms with E-state index in [0.29, 0.717) is 31.5 Å². The molecule has 1 atom stereocenters. The monoisotopic (exact) mass is 300 g/mol. The molecule has 22 heavy (non-hydrogen) atoms. The van der Waals surface area contributed by atoms with E-state index in [9.17, 15) is 9.90 Å². The Morgan fingerprint density at radius 2 is 1.91 bits per heavy atom. The molecule has 6 heteroatoms. The summed E-state index contributed by atoms with van der Waals surface area (Å²) in [5.41, 5.74) is 1.30. The fourth-order valence-electron chi connectivity index (χ4n) is 2.92. The number of piperidine rings is 1. The maximum atomic E-state index is 12.0. The van der Waals surface area contributed by atoms with Crippen LogP contribution in [0.5, 0.6) is 0 Å². The normalized spacial score (nSPS) is 23.4. The number of carbonyl (C=O) groups excluding carboxylic acids is 1. The number of ether oxygens (including phenoxy) is 1. The Balaban J connectivity index is 1.59. The summed E-state index contributed by atoms with van der Waals surface area (Å²) in [6.45, 7) is 2.73. The van der Waals surface area contributed by atoms with Crippen LogP contribution in [-0.4, -0.2) is 49.4 Å². The summed E-state index contributed by atoms with van der Waals surface area (Å²) in [5.74, 6) is 0. The predicted molar refractivity (Wildman–Crippen MR) is 78.9 cm³/mol. The van der Waals surface area contributed by atoms with Gasteiger partial charge >= 0.3 is 6.09 Å². The van der Waals surface area contributed by atoms with Gasteiger partial charge in [0.1, 0.15) is 6.10 Å². The van der Waals surface area contributed by atoms with Crippen molar-refractivity contribution in [1.82, 2.24) is 4.90 Å². The van der Waals surface area contributed by atoms with Gasteiger partial charge in [-0.25, -0.2) is 9.90 Å². The molecule has 2 aliphatic rings. The molecule has 2 aliphatic heterocycles. The molecule has 0 N–H and O–H groups in total. The van der Waals surface area contributed by atoms with Gasteiger partial charge in [0.15, 0.2) is 0 Å². The minimum Gasteiger partial charge on any atom is -0.443 e. The second-order valence-electron chi connectivity index (χ2n) is 5.78. The number of nitriles is 1. The van der Waals surface area contributed by atoms with Crippen LogP contribution < -0.4 is 4.90 Å². The van der Waals surface area contributed by atoms with E-state index in [0.717, 1.165) is 18.8 Å². The molecular weight excluding hydrogens is 282 g/mol. The van der Waals surface area contributed by atoms with Crippen LogP contribution in [0.2, 0.25) is 0 Å². The van der Waals surface area contributed by atoms with Gasteiger partial charge in [-0.3, -0.25) is 9.80 Å². The fourth-order valence-corrected chi connectivity index (χ4v) is 2.92. The Morgan fingerprint density at radius 3 is 2.55 bits per heavy atom. The topological polar surface area (TPSA) is 76.5 Å². The average molecular weight is 300 g/mol. The Hall–Kier alpha value is -2.10. The first-order valence-electron chi connectivity index (χ1n) is 7.52. The minimum atomic E-state index is -0.447. The van der Waals surface area contributed by atoms with Crippen LogP contribution in [0.3, 0.4) is 0 Å². The third-order valence-corrected chi connectivity index (χ3v) is 4.18. The quantitative estimate of drug-likeness (QED) is 0.852. The van der Waals surface area contributed by atoms with Crippen molar-refractivity contribution < 1.29 is 14.6 Å². The summed E-state index contributed by atoms with van der Waals surface area (Å²) in [5, 5.41) is 20.1. The van der Waals surface area contributed by atoms with E-state index in [4.69, 9.17) is 10.00 Å². The Labute approximate surface area is 129 Å². The summed E-state index contributed by atoms with van der Waals surface area (Å²) in [6, 6.07) is 8.94. The zero-order chi connectivity index (χ0) is 15.5. The highest BCUT2D eigenvalue weighted by Gasteiger charge is 2.34. The molecule has 6 nitrogen and oxygen atoms in total. The van der Waals surface area contributed by atoms with E-state index in [1.54, 1.807) is 29.2 Å². The zero-order valence-electron chi connectivity index (χ0n) is 12.3. The van der Waals surface area contributed by atoms with Gasteiger partial charge in [-0.15, -0.1) is 0 Å². The molecule has 1 unspecified atom stereocenters. The number of benzene rings is 1. The first kappa shape index (κ1) is 14.8. The van der Waals surface area contributed by atoms with Gasteiger partial charge in [0.25, 0.3) is 0 Å². The molecule has 1 radical (unpaired) electrons. The third kappa shape index (κ3) is 3.21. The zero-order valence-corrected chi connectivity index (χ0v) is 12.3. The Kier molecular flexibility index (Phi) is 4.27. The molecule has 0 aliphatic carbocycles. The van der Waals surface area contributed by atoms with Crippen LogP contribution in [0.25, 0.3) is 0 Å². The standard InChI is InChI=1S/C16H18N3O3/c17-9-12-1-3-13(4-2-12)19-11-15(22-16(19)21)10-18-7-5-14(20)6-8-18/h1-4,14-15H,5-8,10-11H2. The van der Waals surface area contributed by atoms with E-state index in [2.05, 4.69) is 11.0 Å². The summed E-state index contributed by atoms with van der Waals surface area (Å²) in [6.07, 6.45) is 0.359. The van der Waals surface area contributed by atoms with E-state index >= 15 is 0 Å². The maximum Gasteiger partial charge on any atom is 0.414 e. The summed E-state index contributed by atoms with van der Waals surface area (Å²) < 4.78 is 5.42. The van der Waals surface area contributed by atoms with Crippen molar-refractivity contribution in [2.45, 2.75) is 25.0 Å². The van der Waals surface area contributed by atoms with Crippen LogP contribution in [0, 0.1) is 11.3 Å². The van der Waals surface area contributed by atoms with Crippen LogP contribution in [0.4, 0.5) is 10.5 Å². The van der Waals surface area contributed by atoms with Crippen molar-refractivity contribution in [3.8, 4) is 6.07 Å². The van der Waals surface area contributed by atoms with Crippen molar-refractivity contribution in [2.24, 2.45) is 0 Å². The van der Waals surface area contributed by atoms with Gasteiger partial charge in [-0.2, -0.15) is 5.26 Å². The van der Waals surface area contributed by atoms with Crippen LogP contribution in [0.15, 0.2) is 24.3 Å². The molecule has 0 saturated carbocycles. The highest BCUT2D eigenvalue weighted by Crippen LogP contribution is 2.23. The summed E-state index contributed by atoms with van der Waals surface area (Å²) >= 11 is 0. The lowest BCUT2D eigenvalue weighted by Gasteiger charge is -2.29. The molecule has 2 fully saturated rings. The molecule has 2 saturated heterocycles. The predicted octanol–water partition coefficient (Wildman–Crippen LogP) is 1.78. The van der Waals surface area contributed by atoms with Gasteiger partial charge in [0, 0.05) is 25.3 Å². The van der Waals surface area contributed by atoms with Gasteiger partial charge in [0.05, 0.1) is 24.3 Å². The van der Waals surface area contributed by atoms with Gasteiger partial charge in [0.2, 0.25) is 0 Å². The summed E-state index contributed by atoms with van der Waals surface area (Å²) in [4.78, 5) is 15.8. The highest BCUT2D eigenvalue weighted by molar-refractivity contribution is 5.89. The lowest BCUT2D eigenvalue weighted by molar-refractivity contribution is 0.0162. The molecule has 0 bridgehead atoms. The largest absolute Gasteiger partial charge is 0.443 e. The minimum absolute atomic E-state index is 0.175. The van der Waals surface area contributed by atoms with E-state index < -0.39 is 6.10 Å². The van der Waals surface area contributed by atoms with Crippen LogP contribution in [-0.2, 0) is 9.84 Å². The first-order chi connectivity index (χ1) is 10.7. The second kappa shape index (κ2) is 6.34. The third-order valence-electron chi connectivity index (χ3n) is 4.18. The number of amides is 1. The lowest BCUT2D eigenvalue weighted by Crippen LogP contribution is -2.41. The number of nitrogens with zero attached hydrogens (tertiary/aromatic N) is 3. The Bertz CT molecular complexity index is 573. The van der Waals surface area contributed by atoms with Gasteiger partial charge in [-0.05, 0) is 37.1 Å². The van der Waals surface area contributed by atoms with Crippen molar-refractivity contribution in [1.29, 1.82) is 5.26 Å².